The standard InChI is InChI=1S/C20H31N3O2/c1-15-13-18(22-10-7-8-11-22)21-14-16(15)17-9-5-6-12-23(17)19(24)25-20(2,3)4/h13-14,17H,5-12H2,1-4H3/t17-/m0/s1. The van der Waals surface area contributed by atoms with Crippen LogP contribution in [0.5, 0.6) is 0 Å². The predicted octanol–water partition coefficient (Wildman–Crippen LogP) is 4.45. The molecule has 5 heteroatoms. The summed E-state index contributed by atoms with van der Waals surface area (Å²) in [6, 6.07) is 2.26. The summed E-state index contributed by atoms with van der Waals surface area (Å²) in [6.45, 7) is 10.8. The minimum Gasteiger partial charge on any atom is -0.444 e. The molecule has 2 aliphatic rings. The van der Waals surface area contributed by atoms with Gasteiger partial charge in [0.25, 0.3) is 0 Å². The van der Waals surface area contributed by atoms with Gasteiger partial charge in [-0.2, -0.15) is 0 Å². The molecule has 0 spiro atoms. The fourth-order valence-electron chi connectivity index (χ4n) is 3.81. The third-order valence-electron chi connectivity index (χ3n) is 5.06. The van der Waals surface area contributed by atoms with Gasteiger partial charge in [-0.3, -0.25) is 0 Å². The first-order chi connectivity index (χ1) is 11.8. The van der Waals surface area contributed by atoms with Crippen LogP contribution in [0.1, 0.15) is 70.0 Å². The topological polar surface area (TPSA) is 45.7 Å². The SMILES string of the molecule is Cc1cc(N2CCCC2)ncc1[C@@H]1CCCCN1C(=O)OC(C)(C)C. The zero-order valence-corrected chi connectivity index (χ0v) is 16.0. The predicted molar refractivity (Wildman–Crippen MR) is 100.0 cm³/mol. The van der Waals surface area contributed by atoms with Crippen LogP contribution < -0.4 is 4.90 Å². The van der Waals surface area contributed by atoms with Gasteiger partial charge in [0.2, 0.25) is 0 Å². The van der Waals surface area contributed by atoms with E-state index in [9.17, 15) is 4.79 Å². The second-order valence-corrected chi connectivity index (χ2v) is 8.28. The number of carbonyl (C=O) groups excluding carboxylic acids is 1. The van der Waals surface area contributed by atoms with Gasteiger partial charge in [-0.05, 0) is 77.0 Å². The number of hydrogen-bond donors (Lipinski definition) is 0. The third-order valence-corrected chi connectivity index (χ3v) is 5.06. The van der Waals surface area contributed by atoms with E-state index in [1.165, 1.54) is 18.4 Å². The fraction of sp³-hybridized carbons (Fsp3) is 0.700. The van der Waals surface area contributed by atoms with Gasteiger partial charge in [-0.1, -0.05) is 0 Å². The zero-order chi connectivity index (χ0) is 18.0. The second-order valence-electron chi connectivity index (χ2n) is 8.28. The van der Waals surface area contributed by atoms with E-state index in [0.717, 1.165) is 50.3 Å². The summed E-state index contributed by atoms with van der Waals surface area (Å²) in [5.41, 5.74) is 1.91. The average molecular weight is 345 g/mol. The van der Waals surface area contributed by atoms with E-state index in [0.29, 0.717) is 0 Å². The molecule has 0 unspecified atom stereocenters. The summed E-state index contributed by atoms with van der Waals surface area (Å²) >= 11 is 0. The molecule has 1 aromatic rings. The number of aryl methyl sites for hydroxylation is 1. The van der Waals surface area contributed by atoms with Crippen LogP contribution in [-0.4, -0.2) is 41.2 Å². The molecule has 25 heavy (non-hydrogen) atoms. The van der Waals surface area contributed by atoms with Crippen LogP contribution in [0.25, 0.3) is 0 Å². The maximum absolute atomic E-state index is 12.7. The first kappa shape index (κ1) is 18.0. The highest BCUT2D eigenvalue weighted by Crippen LogP contribution is 2.34. The Hall–Kier alpha value is -1.78. The molecule has 2 fully saturated rings. The molecule has 138 valence electrons. The molecule has 0 N–H and O–H groups in total. The lowest BCUT2D eigenvalue weighted by molar-refractivity contribution is 0.00942. The van der Waals surface area contributed by atoms with Gasteiger partial charge in [-0.25, -0.2) is 9.78 Å². The van der Waals surface area contributed by atoms with Crippen LogP contribution in [0, 0.1) is 6.92 Å². The number of nitrogens with zero attached hydrogens (tertiary/aromatic N) is 3. The second kappa shape index (κ2) is 7.22. The van der Waals surface area contributed by atoms with Gasteiger partial charge in [0.1, 0.15) is 11.4 Å². The summed E-state index contributed by atoms with van der Waals surface area (Å²) in [6.07, 6.45) is 7.42. The number of pyridine rings is 1. The smallest absolute Gasteiger partial charge is 0.410 e. The summed E-state index contributed by atoms with van der Waals surface area (Å²) < 4.78 is 5.63. The largest absolute Gasteiger partial charge is 0.444 e. The number of carbonyl (C=O) groups is 1. The lowest BCUT2D eigenvalue weighted by Crippen LogP contribution is -2.42. The highest BCUT2D eigenvalue weighted by Gasteiger charge is 2.32. The maximum atomic E-state index is 12.7. The van der Waals surface area contributed by atoms with E-state index in [4.69, 9.17) is 9.72 Å². The van der Waals surface area contributed by atoms with Gasteiger partial charge in [-0.15, -0.1) is 0 Å². The normalized spacial score (nSPS) is 21.5. The Balaban J connectivity index is 1.81. The molecule has 0 bridgehead atoms. The van der Waals surface area contributed by atoms with Crippen molar-refractivity contribution in [2.24, 2.45) is 0 Å². The summed E-state index contributed by atoms with van der Waals surface area (Å²) in [5, 5.41) is 0. The Bertz CT molecular complexity index is 618. The maximum Gasteiger partial charge on any atom is 0.410 e. The van der Waals surface area contributed by atoms with Crippen molar-refractivity contribution in [2.45, 2.75) is 71.4 Å². The minimum atomic E-state index is -0.466. The van der Waals surface area contributed by atoms with Crippen LogP contribution in [0.4, 0.5) is 10.6 Å². The Morgan fingerprint density at radius 2 is 1.84 bits per heavy atom. The fourth-order valence-corrected chi connectivity index (χ4v) is 3.81. The van der Waals surface area contributed by atoms with E-state index >= 15 is 0 Å². The molecule has 0 saturated carbocycles. The van der Waals surface area contributed by atoms with Gasteiger partial charge < -0.3 is 14.5 Å². The summed E-state index contributed by atoms with van der Waals surface area (Å²) in [7, 11) is 0. The van der Waals surface area contributed by atoms with Crippen molar-refractivity contribution >= 4 is 11.9 Å². The number of ether oxygens (including phenoxy) is 1. The van der Waals surface area contributed by atoms with Crippen LogP contribution in [0.15, 0.2) is 12.3 Å². The highest BCUT2D eigenvalue weighted by atomic mass is 16.6. The molecule has 1 amide bonds. The molecule has 1 atom stereocenters. The van der Waals surface area contributed by atoms with E-state index in [-0.39, 0.29) is 12.1 Å². The number of hydrogen-bond acceptors (Lipinski definition) is 4. The zero-order valence-electron chi connectivity index (χ0n) is 16.0. The monoisotopic (exact) mass is 345 g/mol. The van der Waals surface area contributed by atoms with E-state index in [2.05, 4.69) is 17.9 Å². The summed E-state index contributed by atoms with van der Waals surface area (Å²) in [4.78, 5) is 21.6. The van der Waals surface area contributed by atoms with E-state index < -0.39 is 5.60 Å². The number of piperidine rings is 1. The Labute approximate surface area is 151 Å². The molecule has 1 aromatic heterocycles. The quantitative estimate of drug-likeness (QED) is 0.794. The Morgan fingerprint density at radius 1 is 1.16 bits per heavy atom. The van der Waals surface area contributed by atoms with Crippen LogP contribution >= 0.6 is 0 Å². The molecular weight excluding hydrogens is 314 g/mol. The highest BCUT2D eigenvalue weighted by molar-refractivity contribution is 5.69. The lowest BCUT2D eigenvalue weighted by atomic mass is 9.94. The Kier molecular flexibility index (Phi) is 5.21. The van der Waals surface area contributed by atoms with Gasteiger partial charge in [0.05, 0.1) is 6.04 Å². The van der Waals surface area contributed by atoms with E-state index in [1.807, 2.05) is 31.9 Å². The first-order valence-electron chi connectivity index (χ1n) is 9.56. The number of anilines is 1. The Morgan fingerprint density at radius 3 is 2.48 bits per heavy atom. The minimum absolute atomic E-state index is 0.0729. The molecule has 5 nitrogen and oxygen atoms in total. The van der Waals surface area contributed by atoms with Gasteiger partial charge >= 0.3 is 6.09 Å². The molecule has 0 radical (unpaired) electrons. The van der Waals surface area contributed by atoms with Crippen LogP contribution in [-0.2, 0) is 4.74 Å². The van der Waals surface area contributed by atoms with Gasteiger partial charge in [0.15, 0.2) is 0 Å². The molecule has 0 aliphatic carbocycles. The van der Waals surface area contributed by atoms with Crippen molar-refractivity contribution in [3.63, 3.8) is 0 Å². The van der Waals surface area contributed by atoms with Crippen LogP contribution in [0.2, 0.25) is 0 Å². The first-order valence-corrected chi connectivity index (χ1v) is 9.56. The molecule has 0 aromatic carbocycles. The van der Waals surface area contributed by atoms with Crippen molar-refractivity contribution in [3.8, 4) is 0 Å². The molecule has 3 rings (SSSR count). The number of likely N-dealkylation sites (tertiary alicyclic amines) is 1. The number of aromatic nitrogens is 1. The van der Waals surface area contributed by atoms with E-state index in [1.54, 1.807) is 0 Å². The summed E-state index contributed by atoms with van der Waals surface area (Å²) in [5.74, 6) is 1.07. The lowest BCUT2D eigenvalue weighted by Gasteiger charge is -2.37. The average Bonchev–Trinajstić information content (AvgIpc) is 3.07. The number of rotatable bonds is 2. The van der Waals surface area contributed by atoms with Crippen molar-refractivity contribution in [2.75, 3.05) is 24.5 Å². The molecular formula is C20H31N3O2. The van der Waals surface area contributed by atoms with Crippen molar-refractivity contribution in [3.05, 3.63) is 23.4 Å². The molecule has 2 aliphatic heterocycles. The molecule has 2 saturated heterocycles. The van der Waals surface area contributed by atoms with Crippen molar-refractivity contribution < 1.29 is 9.53 Å². The van der Waals surface area contributed by atoms with Crippen molar-refractivity contribution in [1.29, 1.82) is 0 Å². The van der Waals surface area contributed by atoms with Gasteiger partial charge in [0, 0.05) is 25.8 Å². The third kappa shape index (κ3) is 4.25. The van der Waals surface area contributed by atoms with Crippen LogP contribution in [0.3, 0.4) is 0 Å². The number of amides is 1. The molecule has 3 heterocycles. The van der Waals surface area contributed by atoms with Crippen molar-refractivity contribution in [1.82, 2.24) is 9.88 Å².